The summed E-state index contributed by atoms with van der Waals surface area (Å²) in [4.78, 5) is 0. The summed E-state index contributed by atoms with van der Waals surface area (Å²) in [6.07, 6.45) is 5.00. The highest BCUT2D eigenvalue weighted by molar-refractivity contribution is 5.19. The van der Waals surface area contributed by atoms with E-state index in [9.17, 15) is 0 Å². The Balaban J connectivity index is 1.50. The lowest BCUT2D eigenvalue weighted by atomic mass is 9.70. The van der Waals surface area contributed by atoms with Crippen LogP contribution in [-0.4, -0.2) is 76.8 Å². The molecule has 0 spiro atoms. The van der Waals surface area contributed by atoms with Crippen molar-refractivity contribution in [2.45, 2.75) is 75.5 Å². The minimum Gasteiger partial charge on any atom is -0.380 e. The highest BCUT2D eigenvalue weighted by Crippen LogP contribution is 2.44. The Hall–Kier alpha value is -0.610. The van der Waals surface area contributed by atoms with Gasteiger partial charge in [0.05, 0.1) is 18.4 Å². The first-order valence-electron chi connectivity index (χ1n) is 11.2. The molecule has 2 saturated heterocycles. The van der Waals surface area contributed by atoms with Crippen LogP contribution in [0.3, 0.4) is 0 Å². The summed E-state index contributed by atoms with van der Waals surface area (Å²) >= 11 is 0. The van der Waals surface area contributed by atoms with Crippen molar-refractivity contribution < 1.29 is 13.9 Å². The Bertz CT molecular complexity index is 579. The van der Waals surface area contributed by atoms with E-state index in [1.165, 1.54) is 0 Å². The molecule has 166 valence electrons. The van der Waals surface area contributed by atoms with Gasteiger partial charge in [-0.05, 0) is 45.6 Å². The zero-order valence-electron chi connectivity index (χ0n) is 17.9. The molecule has 0 amide bonds. The van der Waals surface area contributed by atoms with Crippen LogP contribution in [0.25, 0.3) is 0 Å². The van der Waals surface area contributed by atoms with E-state index < -0.39 is 6.17 Å². The molecule has 5 N–H and O–H groups in total. The van der Waals surface area contributed by atoms with Crippen LogP contribution in [0.15, 0.2) is 11.6 Å². The van der Waals surface area contributed by atoms with Crippen molar-refractivity contribution in [2.24, 2.45) is 11.8 Å². The van der Waals surface area contributed by atoms with Gasteiger partial charge in [0.25, 0.3) is 0 Å². The first kappa shape index (κ1) is 21.6. The summed E-state index contributed by atoms with van der Waals surface area (Å²) in [6, 6.07) is 0.165. The fourth-order valence-electron chi connectivity index (χ4n) is 5.61. The minimum atomic E-state index is -0.981. The van der Waals surface area contributed by atoms with Gasteiger partial charge in [0.1, 0.15) is 12.5 Å². The van der Waals surface area contributed by atoms with Gasteiger partial charge in [-0.1, -0.05) is 11.6 Å². The van der Waals surface area contributed by atoms with E-state index in [1.54, 1.807) is 7.11 Å². The molecular formula is C21H38FN5O2. The van der Waals surface area contributed by atoms with E-state index in [0.29, 0.717) is 12.0 Å². The van der Waals surface area contributed by atoms with Gasteiger partial charge in [0.2, 0.25) is 0 Å². The SMILES string of the molecule is CNC1CC(C)NC(NC2CC3CCOC3C(C3=CCNC[C@H](OC)C3)C2F)N1. The molecule has 9 atom stereocenters. The molecule has 3 heterocycles. The smallest absolute Gasteiger partial charge is 0.124 e. The minimum absolute atomic E-state index is 0.0128. The third kappa shape index (κ3) is 4.84. The molecule has 1 saturated carbocycles. The largest absolute Gasteiger partial charge is 0.380 e. The molecule has 0 bridgehead atoms. The van der Waals surface area contributed by atoms with Gasteiger partial charge in [-0.25, -0.2) is 4.39 Å². The zero-order valence-corrected chi connectivity index (χ0v) is 17.9. The summed E-state index contributed by atoms with van der Waals surface area (Å²) in [5.74, 6) is 0.205. The van der Waals surface area contributed by atoms with Gasteiger partial charge >= 0.3 is 0 Å². The number of methoxy groups -OCH3 is 1. The first-order chi connectivity index (χ1) is 14.1. The average molecular weight is 412 g/mol. The highest BCUT2D eigenvalue weighted by atomic mass is 19.1. The number of fused-ring (bicyclic) bond motifs is 1. The van der Waals surface area contributed by atoms with Crippen LogP contribution in [0.1, 0.15) is 32.6 Å². The van der Waals surface area contributed by atoms with Crippen LogP contribution < -0.4 is 26.6 Å². The molecule has 8 unspecified atom stereocenters. The van der Waals surface area contributed by atoms with E-state index in [0.717, 1.165) is 51.0 Å². The average Bonchev–Trinajstić information content (AvgIpc) is 3.03. The van der Waals surface area contributed by atoms with Crippen LogP contribution in [0.2, 0.25) is 0 Å². The molecule has 0 radical (unpaired) electrons. The van der Waals surface area contributed by atoms with Gasteiger partial charge in [-0.15, -0.1) is 0 Å². The Labute approximate surface area is 173 Å². The lowest BCUT2D eigenvalue weighted by molar-refractivity contribution is -0.0284. The molecule has 1 aliphatic carbocycles. The van der Waals surface area contributed by atoms with E-state index in [1.807, 2.05) is 7.05 Å². The van der Waals surface area contributed by atoms with Gasteiger partial charge < -0.3 is 20.1 Å². The summed E-state index contributed by atoms with van der Waals surface area (Å²) in [6.45, 7) is 4.48. The monoisotopic (exact) mass is 411 g/mol. The summed E-state index contributed by atoms with van der Waals surface area (Å²) in [5.41, 5.74) is 1.16. The van der Waals surface area contributed by atoms with E-state index in [4.69, 9.17) is 9.47 Å². The topological polar surface area (TPSA) is 78.6 Å². The maximum absolute atomic E-state index is 16.0. The van der Waals surface area contributed by atoms with E-state index in [-0.39, 0.29) is 36.6 Å². The predicted octanol–water partition coefficient (Wildman–Crippen LogP) is 0.443. The molecule has 4 rings (SSSR count). The Morgan fingerprint density at radius 1 is 1.28 bits per heavy atom. The standard InChI is InChI=1S/C21H38FN5O2/c1-12-8-17(23-2)27-21(25-12)26-16-10-14-5-7-29-20(14)18(19(16)22)13-4-6-24-11-15(9-13)28-3/h4,12,14-21,23-27H,5-11H2,1-3H3/t12?,14?,15-,16?,17?,18?,19?,20?,21?/m1/s1. The number of rotatable bonds is 5. The second-order valence-electron chi connectivity index (χ2n) is 9.11. The zero-order chi connectivity index (χ0) is 20.4. The van der Waals surface area contributed by atoms with Crippen LogP contribution in [0.4, 0.5) is 4.39 Å². The van der Waals surface area contributed by atoms with Crippen molar-refractivity contribution in [3.05, 3.63) is 11.6 Å². The maximum Gasteiger partial charge on any atom is 0.124 e. The quantitative estimate of drug-likeness (QED) is 0.420. The number of hydrogen-bond donors (Lipinski definition) is 5. The normalized spacial score (nSPS) is 46.1. The lowest BCUT2D eigenvalue weighted by Gasteiger charge is -2.45. The van der Waals surface area contributed by atoms with Gasteiger partial charge in [0, 0.05) is 44.8 Å². The fourth-order valence-corrected chi connectivity index (χ4v) is 5.61. The highest BCUT2D eigenvalue weighted by Gasteiger charge is 2.50. The second kappa shape index (κ2) is 9.68. The molecule has 0 aromatic heterocycles. The van der Waals surface area contributed by atoms with Crippen LogP contribution in [0.5, 0.6) is 0 Å². The molecule has 0 aromatic rings. The fraction of sp³-hybridized carbons (Fsp3) is 0.905. The summed E-state index contributed by atoms with van der Waals surface area (Å²) in [7, 11) is 3.70. The number of nitrogens with one attached hydrogen (secondary N) is 5. The van der Waals surface area contributed by atoms with Crippen molar-refractivity contribution in [3.63, 3.8) is 0 Å². The van der Waals surface area contributed by atoms with Gasteiger partial charge in [-0.3, -0.25) is 16.0 Å². The lowest BCUT2D eigenvalue weighted by Crippen LogP contribution is -2.69. The molecule has 3 fully saturated rings. The number of ether oxygens (including phenoxy) is 2. The van der Waals surface area contributed by atoms with Gasteiger partial charge in [0.15, 0.2) is 0 Å². The summed E-state index contributed by atoms with van der Waals surface area (Å²) < 4.78 is 27.7. The molecular weight excluding hydrogens is 373 g/mol. The molecule has 3 aliphatic heterocycles. The van der Waals surface area contributed by atoms with Crippen molar-refractivity contribution in [2.75, 3.05) is 33.9 Å². The van der Waals surface area contributed by atoms with Crippen molar-refractivity contribution in [1.29, 1.82) is 0 Å². The third-order valence-corrected chi connectivity index (χ3v) is 7.14. The van der Waals surface area contributed by atoms with E-state index >= 15 is 4.39 Å². The molecule has 4 aliphatic rings. The summed E-state index contributed by atoms with van der Waals surface area (Å²) in [5, 5.41) is 17.3. The van der Waals surface area contributed by atoms with Crippen LogP contribution >= 0.6 is 0 Å². The van der Waals surface area contributed by atoms with Crippen LogP contribution in [0, 0.1) is 11.8 Å². The van der Waals surface area contributed by atoms with Gasteiger partial charge in [-0.2, -0.15) is 0 Å². The predicted molar refractivity (Wildman–Crippen MR) is 111 cm³/mol. The molecule has 8 heteroatoms. The molecule has 7 nitrogen and oxygen atoms in total. The van der Waals surface area contributed by atoms with E-state index in [2.05, 4.69) is 39.6 Å². The van der Waals surface area contributed by atoms with Crippen LogP contribution in [-0.2, 0) is 9.47 Å². The Kier molecular flexibility index (Phi) is 7.22. The molecule has 0 aromatic carbocycles. The first-order valence-corrected chi connectivity index (χ1v) is 11.2. The number of halogens is 1. The number of hydrogen-bond acceptors (Lipinski definition) is 7. The van der Waals surface area contributed by atoms with Crippen molar-refractivity contribution >= 4 is 0 Å². The third-order valence-electron chi connectivity index (χ3n) is 7.14. The Morgan fingerprint density at radius 2 is 2.14 bits per heavy atom. The second-order valence-corrected chi connectivity index (χ2v) is 9.11. The van der Waals surface area contributed by atoms with Crippen molar-refractivity contribution in [3.8, 4) is 0 Å². The Morgan fingerprint density at radius 3 is 2.93 bits per heavy atom. The maximum atomic E-state index is 16.0. The molecule has 29 heavy (non-hydrogen) atoms. The number of alkyl halides is 1. The van der Waals surface area contributed by atoms with Crippen molar-refractivity contribution in [1.82, 2.24) is 26.6 Å².